The van der Waals surface area contributed by atoms with Crippen LogP contribution in [0.25, 0.3) is 0 Å². The van der Waals surface area contributed by atoms with E-state index in [2.05, 4.69) is 39.0 Å². The topological polar surface area (TPSA) is 35.2 Å². The third kappa shape index (κ3) is 3.58. The number of benzene rings is 2. The van der Waals surface area contributed by atoms with E-state index in [4.69, 9.17) is 10.5 Å². The molecule has 0 saturated carbocycles. The lowest BCUT2D eigenvalue weighted by Crippen LogP contribution is -2.20. The Labute approximate surface area is 115 Å². The van der Waals surface area contributed by atoms with Gasteiger partial charge in [0.05, 0.1) is 6.04 Å². The summed E-state index contributed by atoms with van der Waals surface area (Å²) >= 11 is 0. The molecule has 0 radical (unpaired) electrons. The van der Waals surface area contributed by atoms with E-state index >= 15 is 0 Å². The zero-order valence-electron chi connectivity index (χ0n) is 11.8. The summed E-state index contributed by atoms with van der Waals surface area (Å²) in [5, 5.41) is 0. The van der Waals surface area contributed by atoms with Gasteiger partial charge in [0.1, 0.15) is 12.4 Å². The molecule has 100 valence electrons. The highest BCUT2D eigenvalue weighted by Crippen LogP contribution is 2.19. The molecule has 0 bridgehead atoms. The first-order valence-electron chi connectivity index (χ1n) is 6.58. The highest BCUT2D eigenvalue weighted by Gasteiger charge is 2.09. The molecule has 1 atom stereocenters. The van der Waals surface area contributed by atoms with Gasteiger partial charge in [0.15, 0.2) is 0 Å². The van der Waals surface area contributed by atoms with Crippen molar-refractivity contribution in [1.82, 2.24) is 0 Å². The van der Waals surface area contributed by atoms with Crippen LogP contribution in [0.4, 0.5) is 0 Å². The zero-order valence-corrected chi connectivity index (χ0v) is 11.8. The van der Waals surface area contributed by atoms with Gasteiger partial charge in [0, 0.05) is 0 Å². The molecule has 2 heteroatoms. The van der Waals surface area contributed by atoms with Gasteiger partial charge in [-0.25, -0.2) is 0 Å². The second kappa shape index (κ2) is 5.89. The lowest BCUT2D eigenvalue weighted by Gasteiger charge is -2.16. The minimum absolute atomic E-state index is 0.0954. The van der Waals surface area contributed by atoms with Crippen LogP contribution in [0.2, 0.25) is 0 Å². The molecule has 2 nitrogen and oxygen atoms in total. The number of rotatable bonds is 4. The number of hydrogen-bond acceptors (Lipinski definition) is 2. The Morgan fingerprint density at radius 2 is 1.63 bits per heavy atom. The van der Waals surface area contributed by atoms with Crippen molar-refractivity contribution in [3.8, 4) is 5.75 Å². The van der Waals surface area contributed by atoms with Crippen molar-refractivity contribution in [2.24, 2.45) is 5.73 Å². The molecule has 2 rings (SSSR count). The van der Waals surface area contributed by atoms with E-state index in [9.17, 15) is 0 Å². The first-order chi connectivity index (χ1) is 9.06. The lowest BCUT2D eigenvalue weighted by molar-refractivity contribution is 0.290. The molecule has 0 aromatic heterocycles. The van der Waals surface area contributed by atoms with E-state index in [1.165, 1.54) is 16.7 Å². The van der Waals surface area contributed by atoms with Crippen molar-refractivity contribution in [3.05, 3.63) is 64.7 Å². The third-order valence-corrected chi connectivity index (χ3v) is 3.21. The third-order valence-electron chi connectivity index (χ3n) is 3.21. The maximum atomic E-state index is 6.19. The highest BCUT2D eigenvalue weighted by molar-refractivity contribution is 5.33. The minimum atomic E-state index is -0.0954. The SMILES string of the molecule is Cc1cc(C)cc(OCC(N)c2ccccc2C)c1. The van der Waals surface area contributed by atoms with Gasteiger partial charge < -0.3 is 10.5 Å². The van der Waals surface area contributed by atoms with E-state index in [1.807, 2.05) is 24.3 Å². The van der Waals surface area contributed by atoms with Gasteiger partial charge in [-0.1, -0.05) is 30.3 Å². The van der Waals surface area contributed by atoms with E-state index in [1.54, 1.807) is 0 Å². The molecule has 0 aliphatic heterocycles. The first-order valence-corrected chi connectivity index (χ1v) is 6.58. The van der Waals surface area contributed by atoms with Crippen molar-refractivity contribution in [3.63, 3.8) is 0 Å². The fourth-order valence-electron chi connectivity index (χ4n) is 2.29. The fraction of sp³-hybridized carbons (Fsp3) is 0.294. The number of aryl methyl sites for hydroxylation is 3. The standard InChI is InChI=1S/C17H21NO/c1-12-8-13(2)10-15(9-12)19-11-17(18)16-7-5-4-6-14(16)3/h4-10,17H,11,18H2,1-3H3. The fourth-order valence-corrected chi connectivity index (χ4v) is 2.29. The van der Waals surface area contributed by atoms with E-state index < -0.39 is 0 Å². The maximum Gasteiger partial charge on any atom is 0.119 e. The summed E-state index contributed by atoms with van der Waals surface area (Å²) in [5.41, 5.74) is 11.0. The molecule has 0 aliphatic rings. The van der Waals surface area contributed by atoms with Crippen LogP contribution in [0.5, 0.6) is 5.75 Å². The average molecular weight is 255 g/mol. The summed E-state index contributed by atoms with van der Waals surface area (Å²) in [6.07, 6.45) is 0. The Hall–Kier alpha value is -1.80. The quantitative estimate of drug-likeness (QED) is 0.904. The average Bonchev–Trinajstić information content (AvgIpc) is 2.35. The van der Waals surface area contributed by atoms with E-state index in [-0.39, 0.29) is 6.04 Å². The first kappa shape index (κ1) is 13.6. The molecule has 2 aromatic carbocycles. The largest absolute Gasteiger partial charge is 0.492 e. The molecule has 19 heavy (non-hydrogen) atoms. The zero-order chi connectivity index (χ0) is 13.8. The van der Waals surface area contributed by atoms with Crippen LogP contribution in [0.3, 0.4) is 0 Å². The normalized spacial score (nSPS) is 12.2. The second-order valence-electron chi connectivity index (χ2n) is 5.10. The number of nitrogens with two attached hydrogens (primary N) is 1. The molecule has 0 spiro atoms. The van der Waals surface area contributed by atoms with Gasteiger partial charge in [-0.15, -0.1) is 0 Å². The Balaban J connectivity index is 2.04. The number of hydrogen-bond donors (Lipinski definition) is 1. The molecular weight excluding hydrogens is 234 g/mol. The molecule has 0 fully saturated rings. The van der Waals surface area contributed by atoms with Crippen molar-refractivity contribution in [2.75, 3.05) is 6.61 Å². The highest BCUT2D eigenvalue weighted by atomic mass is 16.5. The van der Waals surface area contributed by atoms with Crippen LogP contribution >= 0.6 is 0 Å². The van der Waals surface area contributed by atoms with Crippen LogP contribution in [0, 0.1) is 20.8 Å². The van der Waals surface area contributed by atoms with Gasteiger partial charge in [-0.2, -0.15) is 0 Å². The van der Waals surface area contributed by atoms with Gasteiger partial charge >= 0.3 is 0 Å². The summed E-state index contributed by atoms with van der Waals surface area (Å²) in [6, 6.07) is 14.3. The van der Waals surface area contributed by atoms with Crippen molar-refractivity contribution in [1.29, 1.82) is 0 Å². The summed E-state index contributed by atoms with van der Waals surface area (Å²) in [7, 11) is 0. The van der Waals surface area contributed by atoms with E-state index in [0.717, 1.165) is 11.3 Å². The summed E-state index contributed by atoms with van der Waals surface area (Å²) in [5.74, 6) is 0.890. The van der Waals surface area contributed by atoms with E-state index in [0.29, 0.717) is 6.61 Å². The van der Waals surface area contributed by atoms with Crippen LogP contribution in [-0.2, 0) is 0 Å². The molecular formula is C17H21NO. The Bertz CT molecular complexity index is 543. The van der Waals surface area contributed by atoms with Gasteiger partial charge in [-0.3, -0.25) is 0 Å². The van der Waals surface area contributed by atoms with Gasteiger partial charge in [0.2, 0.25) is 0 Å². The Morgan fingerprint density at radius 3 is 2.26 bits per heavy atom. The minimum Gasteiger partial charge on any atom is -0.492 e. The van der Waals surface area contributed by atoms with Crippen molar-refractivity contribution >= 4 is 0 Å². The second-order valence-corrected chi connectivity index (χ2v) is 5.10. The van der Waals surface area contributed by atoms with Gasteiger partial charge in [0.25, 0.3) is 0 Å². The molecule has 2 N–H and O–H groups in total. The smallest absolute Gasteiger partial charge is 0.119 e. The van der Waals surface area contributed by atoms with Gasteiger partial charge in [-0.05, 0) is 55.2 Å². The Kier molecular flexibility index (Phi) is 4.23. The lowest BCUT2D eigenvalue weighted by atomic mass is 10.0. The Morgan fingerprint density at radius 1 is 1.00 bits per heavy atom. The molecule has 0 saturated heterocycles. The van der Waals surface area contributed by atoms with Crippen LogP contribution in [0.15, 0.2) is 42.5 Å². The summed E-state index contributed by atoms with van der Waals surface area (Å²) in [4.78, 5) is 0. The summed E-state index contributed by atoms with van der Waals surface area (Å²) in [6.45, 7) is 6.71. The maximum absolute atomic E-state index is 6.19. The monoisotopic (exact) mass is 255 g/mol. The summed E-state index contributed by atoms with van der Waals surface area (Å²) < 4.78 is 5.81. The predicted octanol–water partition coefficient (Wildman–Crippen LogP) is 3.69. The van der Waals surface area contributed by atoms with Crippen LogP contribution in [0.1, 0.15) is 28.3 Å². The molecule has 0 heterocycles. The predicted molar refractivity (Wildman–Crippen MR) is 79.5 cm³/mol. The molecule has 1 unspecified atom stereocenters. The number of ether oxygens (including phenoxy) is 1. The molecule has 0 aliphatic carbocycles. The molecule has 0 amide bonds. The van der Waals surface area contributed by atoms with Crippen molar-refractivity contribution < 1.29 is 4.74 Å². The molecule has 2 aromatic rings. The van der Waals surface area contributed by atoms with Crippen LogP contribution < -0.4 is 10.5 Å². The van der Waals surface area contributed by atoms with Crippen LogP contribution in [-0.4, -0.2) is 6.61 Å². The van der Waals surface area contributed by atoms with Crippen molar-refractivity contribution in [2.45, 2.75) is 26.8 Å².